The van der Waals surface area contributed by atoms with E-state index in [4.69, 9.17) is 18.9 Å². The monoisotopic (exact) mass is 538 g/mol. The van der Waals surface area contributed by atoms with Crippen molar-refractivity contribution in [3.05, 3.63) is 58.3 Å². The minimum atomic E-state index is -0.737. The standard InChI is InChI=1S/C32H42O7/c1-11-20-18-21(12-2)28(39-30(35)32(7,8)9)24(27(20)37-13-3)19-25(36-10)26(33)22-14-16-23(17-15-22)38-29(34)31(4,5)6/h14-19H,11-13H2,1-10H3. The lowest BCUT2D eigenvalue weighted by molar-refractivity contribution is -0.143. The molecule has 7 nitrogen and oxygen atoms in total. The maximum absolute atomic E-state index is 13.5. The molecule has 0 saturated carbocycles. The molecular formula is C32H42O7. The Kier molecular flexibility index (Phi) is 10.5. The van der Waals surface area contributed by atoms with Gasteiger partial charge in [-0.1, -0.05) is 13.8 Å². The Balaban J connectivity index is 2.64. The molecule has 0 aromatic heterocycles. The van der Waals surface area contributed by atoms with Crippen LogP contribution in [-0.4, -0.2) is 31.4 Å². The van der Waals surface area contributed by atoms with E-state index in [1.807, 2.05) is 26.8 Å². The second kappa shape index (κ2) is 13.0. The maximum atomic E-state index is 13.5. The Hall–Kier alpha value is -3.61. The fourth-order valence-corrected chi connectivity index (χ4v) is 3.55. The zero-order valence-corrected chi connectivity index (χ0v) is 24.9. The van der Waals surface area contributed by atoms with E-state index in [9.17, 15) is 14.4 Å². The van der Waals surface area contributed by atoms with Gasteiger partial charge in [-0.05, 0) is 109 Å². The van der Waals surface area contributed by atoms with Crippen molar-refractivity contribution in [2.45, 2.75) is 75.2 Å². The molecule has 0 bridgehead atoms. The van der Waals surface area contributed by atoms with Crippen molar-refractivity contribution in [1.29, 1.82) is 0 Å². The van der Waals surface area contributed by atoms with Crippen LogP contribution in [0.1, 0.15) is 89.4 Å². The summed E-state index contributed by atoms with van der Waals surface area (Å²) in [6, 6.07) is 8.27. The lowest BCUT2D eigenvalue weighted by Crippen LogP contribution is -2.26. The summed E-state index contributed by atoms with van der Waals surface area (Å²) in [4.78, 5) is 38.6. The van der Waals surface area contributed by atoms with Gasteiger partial charge in [-0.15, -0.1) is 0 Å². The smallest absolute Gasteiger partial charge is 0.316 e. The summed E-state index contributed by atoms with van der Waals surface area (Å²) >= 11 is 0. The fourth-order valence-electron chi connectivity index (χ4n) is 3.55. The van der Waals surface area contributed by atoms with Gasteiger partial charge in [0.1, 0.15) is 17.2 Å². The number of allylic oxidation sites excluding steroid dienone is 1. The molecule has 0 radical (unpaired) electrons. The molecule has 0 aliphatic heterocycles. The summed E-state index contributed by atoms with van der Waals surface area (Å²) in [6.45, 7) is 16.9. The summed E-state index contributed by atoms with van der Waals surface area (Å²) in [5.41, 5.74) is 1.19. The summed E-state index contributed by atoms with van der Waals surface area (Å²) in [5.74, 6) is 0.116. The third-order valence-electron chi connectivity index (χ3n) is 5.94. The van der Waals surface area contributed by atoms with Gasteiger partial charge in [-0.3, -0.25) is 14.4 Å². The molecule has 212 valence electrons. The molecular weight excluding hydrogens is 496 g/mol. The van der Waals surface area contributed by atoms with Crippen molar-refractivity contribution in [2.75, 3.05) is 13.7 Å². The summed E-state index contributed by atoms with van der Waals surface area (Å²) in [5, 5.41) is 0. The van der Waals surface area contributed by atoms with Crippen LogP contribution in [0, 0.1) is 10.8 Å². The molecule has 0 heterocycles. The number of methoxy groups -OCH3 is 1. The number of aryl methyl sites for hydroxylation is 2. The first-order valence-electron chi connectivity index (χ1n) is 13.3. The van der Waals surface area contributed by atoms with Crippen molar-refractivity contribution in [3.63, 3.8) is 0 Å². The zero-order chi connectivity index (χ0) is 29.5. The van der Waals surface area contributed by atoms with E-state index in [1.165, 1.54) is 7.11 Å². The number of Topliss-reactive ketones (excluding diaryl/α,β-unsaturated/α-hetero) is 1. The van der Waals surface area contributed by atoms with Crippen molar-refractivity contribution in [1.82, 2.24) is 0 Å². The topological polar surface area (TPSA) is 88.1 Å². The molecule has 0 aliphatic rings. The number of hydrogen-bond acceptors (Lipinski definition) is 7. The zero-order valence-electron chi connectivity index (χ0n) is 24.9. The van der Waals surface area contributed by atoms with Gasteiger partial charge < -0.3 is 18.9 Å². The Morgan fingerprint density at radius 2 is 1.28 bits per heavy atom. The van der Waals surface area contributed by atoms with Crippen LogP contribution in [0.15, 0.2) is 36.1 Å². The van der Waals surface area contributed by atoms with Crippen LogP contribution in [0.3, 0.4) is 0 Å². The molecule has 2 aromatic rings. The first-order chi connectivity index (χ1) is 18.2. The number of ether oxygens (including phenoxy) is 4. The molecule has 0 fully saturated rings. The molecule has 0 aliphatic carbocycles. The average molecular weight is 539 g/mol. The number of benzene rings is 2. The van der Waals surface area contributed by atoms with Gasteiger partial charge in [0.15, 0.2) is 5.76 Å². The van der Waals surface area contributed by atoms with E-state index in [0.717, 1.165) is 11.1 Å². The fraction of sp³-hybridized carbons (Fsp3) is 0.469. The van der Waals surface area contributed by atoms with E-state index in [1.54, 1.807) is 71.9 Å². The van der Waals surface area contributed by atoms with Gasteiger partial charge in [0.05, 0.1) is 30.1 Å². The van der Waals surface area contributed by atoms with Crippen LogP contribution >= 0.6 is 0 Å². The predicted molar refractivity (Wildman–Crippen MR) is 152 cm³/mol. The first-order valence-corrected chi connectivity index (χ1v) is 13.3. The van der Waals surface area contributed by atoms with Crippen LogP contribution < -0.4 is 14.2 Å². The van der Waals surface area contributed by atoms with E-state index in [0.29, 0.717) is 47.8 Å². The van der Waals surface area contributed by atoms with E-state index < -0.39 is 16.8 Å². The van der Waals surface area contributed by atoms with Crippen molar-refractivity contribution in [3.8, 4) is 17.2 Å². The van der Waals surface area contributed by atoms with Gasteiger partial charge in [0, 0.05) is 5.56 Å². The molecule has 0 amide bonds. The lowest BCUT2D eigenvalue weighted by atomic mass is 9.95. The Bertz CT molecular complexity index is 1220. The van der Waals surface area contributed by atoms with E-state index in [-0.39, 0.29) is 17.5 Å². The highest BCUT2D eigenvalue weighted by atomic mass is 16.5. The van der Waals surface area contributed by atoms with Crippen molar-refractivity contribution in [2.24, 2.45) is 10.8 Å². The number of esters is 2. The largest absolute Gasteiger partial charge is 0.493 e. The number of carbonyl (C=O) groups is 3. The SMILES string of the molecule is CCOc1c(CC)cc(CC)c(OC(=O)C(C)(C)C)c1C=C(OC)C(=O)c1ccc(OC(=O)C(C)(C)C)cc1. The summed E-state index contributed by atoms with van der Waals surface area (Å²) in [7, 11) is 1.41. The first kappa shape index (κ1) is 31.6. The van der Waals surface area contributed by atoms with E-state index in [2.05, 4.69) is 0 Å². The number of carbonyl (C=O) groups excluding carboxylic acids is 3. The second-order valence-electron chi connectivity index (χ2n) is 11.3. The quantitative estimate of drug-likeness (QED) is 0.106. The Labute approximate surface area is 232 Å². The molecule has 2 rings (SSSR count). The molecule has 0 spiro atoms. The highest BCUT2D eigenvalue weighted by Crippen LogP contribution is 2.40. The van der Waals surface area contributed by atoms with Crippen molar-refractivity contribution >= 4 is 23.8 Å². The van der Waals surface area contributed by atoms with Crippen LogP contribution in [0.2, 0.25) is 0 Å². The minimum absolute atomic E-state index is 0.0405. The Morgan fingerprint density at radius 1 is 0.769 bits per heavy atom. The maximum Gasteiger partial charge on any atom is 0.316 e. The average Bonchev–Trinajstić information content (AvgIpc) is 2.87. The second-order valence-corrected chi connectivity index (χ2v) is 11.3. The number of rotatable bonds is 10. The molecule has 0 N–H and O–H groups in total. The lowest BCUT2D eigenvalue weighted by Gasteiger charge is -2.23. The number of ketones is 1. The molecule has 7 heteroatoms. The van der Waals surface area contributed by atoms with Crippen LogP contribution in [0.5, 0.6) is 17.2 Å². The molecule has 0 atom stereocenters. The van der Waals surface area contributed by atoms with Crippen LogP contribution in [0.4, 0.5) is 0 Å². The summed E-state index contributed by atoms with van der Waals surface area (Å²) in [6.07, 6.45) is 2.87. The predicted octanol–water partition coefficient (Wildman–Crippen LogP) is 6.98. The van der Waals surface area contributed by atoms with Gasteiger partial charge in [-0.25, -0.2) is 0 Å². The number of hydrogen-bond donors (Lipinski definition) is 0. The van der Waals surface area contributed by atoms with Gasteiger partial charge >= 0.3 is 11.9 Å². The van der Waals surface area contributed by atoms with Crippen molar-refractivity contribution < 1.29 is 33.3 Å². The van der Waals surface area contributed by atoms with Crippen LogP contribution in [0.25, 0.3) is 6.08 Å². The minimum Gasteiger partial charge on any atom is -0.493 e. The normalized spacial score (nSPS) is 12.1. The molecule has 0 unspecified atom stereocenters. The van der Waals surface area contributed by atoms with Gasteiger partial charge in [0.2, 0.25) is 5.78 Å². The summed E-state index contributed by atoms with van der Waals surface area (Å²) < 4.78 is 22.9. The molecule has 0 saturated heterocycles. The highest BCUT2D eigenvalue weighted by Gasteiger charge is 2.28. The third kappa shape index (κ3) is 7.94. The molecule has 2 aromatic carbocycles. The Morgan fingerprint density at radius 3 is 1.74 bits per heavy atom. The van der Waals surface area contributed by atoms with E-state index >= 15 is 0 Å². The van der Waals surface area contributed by atoms with Gasteiger partial charge in [-0.2, -0.15) is 0 Å². The third-order valence-corrected chi connectivity index (χ3v) is 5.94. The van der Waals surface area contributed by atoms with Gasteiger partial charge in [0.25, 0.3) is 0 Å². The highest BCUT2D eigenvalue weighted by molar-refractivity contribution is 6.10. The molecule has 39 heavy (non-hydrogen) atoms. The van der Waals surface area contributed by atoms with Crippen LogP contribution in [-0.2, 0) is 27.2 Å².